The zero-order valence-electron chi connectivity index (χ0n) is 17.2. The molecule has 1 saturated heterocycles. The number of methoxy groups -OCH3 is 1. The van der Waals surface area contributed by atoms with Crippen LogP contribution in [-0.2, 0) is 10.0 Å². The Bertz CT molecular complexity index is 994. The van der Waals surface area contributed by atoms with E-state index in [2.05, 4.69) is 5.32 Å². The molecule has 7 heteroatoms. The third-order valence-corrected chi connectivity index (χ3v) is 7.29. The summed E-state index contributed by atoms with van der Waals surface area (Å²) < 4.78 is 33.3. The van der Waals surface area contributed by atoms with E-state index in [9.17, 15) is 13.2 Å². The van der Waals surface area contributed by atoms with Gasteiger partial charge in [0, 0.05) is 24.3 Å². The van der Waals surface area contributed by atoms with Gasteiger partial charge >= 0.3 is 0 Å². The molecule has 156 valence electrons. The summed E-state index contributed by atoms with van der Waals surface area (Å²) in [6.07, 6.45) is 3.74. The molecule has 2 aromatic carbocycles. The number of aryl methyl sites for hydroxylation is 2. The highest BCUT2D eigenvalue weighted by atomic mass is 32.2. The van der Waals surface area contributed by atoms with Crippen LogP contribution in [0, 0.1) is 13.8 Å². The quantitative estimate of drug-likeness (QED) is 0.795. The van der Waals surface area contributed by atoms with E-state index < -0.39 is 10.0 Å². The molecule has 0 saturated carbocycles. The molecule has 1 heterocycles. The Kier molecular flexibility index (Phi) is 6.59. The average Bonchev–Trinajstić information content (AvgIpc) is 3.00. The second kappa shape index (κ2) is 8.97. The van der Waals surface area contributed by atoms with Crippen LogP contribution in [0.15, 0.2) is 41.3 Å². The standard InChI is InChI=1S/C22H28N2O4S/c1-16-8-10-19(14-17(16)2)23-22(25)18-9-11-20(28-3)21(15-18)29(26,27)24-12-6-4-5-7-13-24/h8-11,14-15H,4-7,12-13H2,1-3H3,(H,23,25). The average molecular weight is 417 g/mol. The molecule has 0 spiro atoms. The van der Waals surface area contributed by atoms with Crippen molar-refractivity contribution in [1.82, 2.24) is 4.31 Å². The van der Waals surface area contributed by atoms with Gasteiger partial charge in [-0.2, -0.15) is 4.31 Å². The second-order valence-corrected chi connectivity index (χ2v) is 9.34. The third kappa shape index (κ3) is 4.79. The molecule has 0 aliphatic carbocycles. The molecule has 0 aromatic heterocycles. The molecule has 1 aliphatic heterocycles. The van der Waals surface area contributed by atoms with Crippen molar-refractivity contribution in [2.75, 3.05) is 25.5 Å². The Labute approximate surface area is 172 Å². The van der Waals surface area contributed by atoms with Crippen molar-refractivity contribution < 1.29 is 17.9 Å². The molecule has 1 amide bonds. The number of hydrogen-bond donors (Lipinski definition) is 1. The lowest BCUT2D eigenvalue weighted by molar-refractivity contribution is 0.102. The normalized spacial score (nSPS) is 15.6. The van der Waals surface area contributed by atoms with Gasteiger partial charge in [0.05, 0.1) is 7.11 Å². The summed E-state index contributed by atoms with van der Waals surface area (Å²) in [4.78, 5) is 12.8. The lowest BCUT2D eigenvalue weighted by Crippen LogP contribution is -2.32. The number of nitrogens with one attached hydrogen (secondary N) is 1. The molecule has 1 fully saturated rings. The van der Waals surface area contributed by atoms with E-state index in [4.69, 9.17) is 4.74 Å². The molecule has 6 nitrogen and oxygen atoms in total. The number of nitrogens with zero attached hydrogens (tertiary/aromatic N) is 1. The molecule has 0 unspecified atom stereocenters. The minimum atomic E-state index is -3.74. The first-order chi connectivity index (χ1) is 13.8. The van der Waals surface area contributed by atoms with Crippen molar-refractivity contribution in [2.45, 2.75) is 44.4 Å². The summed E-state index contributed by atoms with van der Waals surface area (Å²) >= 11 is 0. The van der Waals surface area contributed by atoms with Gasteiger partial charge in [-0.1, -0.05) is 18.9 Å². The number of anilines is 1. The fourth-order valence-electron chi connectivity index (χ4n) is 3.46. The van der Waals surface area contributed by atoms with Crippen molar-refractivity contribution in [3.63, 3.8) is 0 Å². The van der Waals surface area contributed by atoms with Gasteiger partial charge in [0.1, 0.15) is 10.6 Å². The predicted molar refractivity (Wildman–Crippen MR) is 114 cm³/mol. The minimum absolute atomic E-state index is 0.0367. The second-order valence-electron chi connectivity index (χ2n) is 7.44. The van der Waals surface area contributed by atoms with Gasteiger partial charge in [0.25, 0.3) is 5.91 Å². The number of carbonyl (C=O) groups excluding carboxylic acids is 1. The van der Waals surface area contributed by atoms with Gasteiger partial charge in [-0.05, 0) is 68.1 Å². The van der Waals surface area contributed by atoms with Crippen LogP contribution in [0.2, 0.25) is 0 Å². The SMILES string of the molecule is COc1ccc(C(=O)Nc2ccc(C)c(C)c2)cc1S(=O)(=O)N1CCCCCC1. The summed E-state index contributed by atoms with van der Waals surface area (Å²) in [5, 5.41) is 2.84. The van der Waals surface area contributed by atoms with Crippen LogP contribution < -0.4 is 10.1 Å². The highest BCUT2D eigenvalue weighted by Gasteiger charge is 2.29. The Balaban J connectivity index is 1.91. The topological polar surface area (TPSA) is 75.7 Å². The maximum atomic E-state index is 13.2. The van der Waals surface area contributed by atoms with E-state index >= 15 is 0 Å². The Morgan fingerprint density at radius 2 is 1.66 bits per heavy atom. The van der Waals surface area contributed by atoms with Crippen molar-refractivity contribution in [2.24, 2.45) is 0 Å². The Morgan fingerprint density at radius 3 is 2.28 bits per heavy atom. The highest BCUT2D eigenvalue weighted by Crippen LogP contribution is 2.29. The molecule has 0 radical (unpaired) electrons. The van der Waals surface area contributed by atoms with Crippen molar-refractivity contribution in [3.05, 3.63) is 53.1 Å². The van der Waals surface area contributed by atoms with Gasteiger partial charge in [-0.3, -0.25) is 4.79 Å². The largest absolute Gasteiger partial charge is 0.495 e. The molecular weight excluding hydrogens is 388 g/mol. The summed E-state index contributed by atoms with van der Waals surface area (Å²) in [5.74, 6) is -0.111. The van der Waals surface area contributed by atoms with E-state index in [1.54, 1.807) is 12.1 Å². The summed E-state index contributed by atoms with van der Waals surface area (Å²) in [7, 11) is -2.30. The number of sulfonamides is 1. The van der Waals surface area contributed by atoms with Gasteiger partial charge < -0.3 is 10.1 Å². The van der Waals surface area contributed by atoms with Crippen molar-refractivity contribution in [1.29, 1.82) is 0 Å². The van der Waals surface area contributed by atoms with E-state index in [0.717, 1.165) is 36.8 Å². The van der Waals surface area contributed by atoms with Crippen LogP contribution in [0.3, 0.4) is 0 Å². The van der Waals surface area contributed by atoms with Crippen LogP contribution in [-0.4, -0.2) is 38.8 Å². The first-order valence-electron chi connectivity index (χ1n) is 9.90. The van der Waals surface area contributed by atoms with E-state index in [0.29, 0.717) is 18.8 Å². The lowest BCUT2D eigenvalue weighted by atomic mass is 10.1. The van der Waals surface area contributed by atoms with E-state index in [-0.39, 0.29) is 22.1 Å². The first-order valence-corrected chi connectivity index (χ1v) is 11.3. The predicted octanol–water partition coefficient (Wildman–Crippen LogP) is 4.13. The smallest absolute Gasteiger partial charge is 0.255 e. The Morgan fingerprint density at radius 1 is 0.966 bits per heavy atom. The third-order valence-electron chi connectivity index (χ3n) is 5.37. The van der Waals surface area contributed by atoms with Crippen LogP contribution in [0.25, 0.3) is 0 Å². The van der Waals surface area contributed by atoms with Crippen LogP contribution in [0.1, 0.15) is 47.2 Å². The number of hydrogen-bond acceptors (Lipinski definition) is 4. The number of amides is 1. The number of ether oxygens (including phenoxy) is 1. The van der Waals surface area contributed by atoms with Crippen LogP contribution in [0.4, 0.5) is 5.69 Å². The van der Waals surface area contributed by atoms with Gasteiger partial charge in [0.15, 0.2) is 0 Å². The maximum Gasteiger partial charge on any atom is 0.255 e. The molecule has 1 N–H and O–H groups in total. The molecular formula is C22H28N2O4S. The van der Waals surface area contributed by atoms with E-state index in [1.165, 1.54) is 17.5 Å². The Hall–Kier alpha value is -2.38. The van der Waals surface area contributed by atoms with E-state index in [1.807, 2.05) is 32.0 Å². The lowest BCUT2D eigenvalue weighted by Gasteiger charge is -2.21. The van der Waals surface area contributed by atoms with Crippen molar-refractivity contribution in [3.8, 4) is 5.75 Å². The van der Waals surface area contributed by atoms with Gasteiger partial charge in [-0.25, -0.2) is 8.42 Å². The number of rotatable bonds is 5. The fourth-order valence-corrected chi connectivity index (χ4v) is 5.16. The number of carbonyl (C=O) groups is 1. The molecule has 0 atom stereocenters. The highest BCUT2D eigenvalue weighted by molar-refractivity contribution is 7.89. The first kappa shape index (κ1) is 21.3. The fraction of sp³-hybridized carbons (Fsp3) is 0.409. The molecule has 29 heavy (non-hydrogen) atoms. The van der Waals surface area contributed by atoms with Gasteiger partial charge in [-0.15, -0.1) is 0 Å². The van der Waals surface area contributed by atoms with Crippen molar-refractivity contribution >= 4 is 21.6 Å². The maximum absolute atomic E-state index is 13.2. The summed E-state index contributed by atoms with van der Waals surface area (Å²) in [6.45, 7) is 4.96. The summed E-state index contributed by atoms with van der Waals surface area (Å²) in [6, 6.07) is 10.2. The zero-order valence-corrected chi connectivity index (χ0v) is 18.0. The zero-order chi connectivity index (χ0) is 21.0. The molecule has 3 rings (SSSR count). The summed E-state index contributed by atoms with van der Waals surface area (Å²) in [5.41, 5.74) is 3.16. The van der Waals surface area contributed by atoms with Gasteiger partial charge in [0.2, 0.25) is 10.0 Å². The van der Waals surface area contributed by atoms with Crippen LogP contribution >= 0.6 is 0 Å². The molecule has 1 aliphatic rings. The molecule has 2 aromatic rings. The van der Waals surface area contributed by atoms with Crippen LogP contribution in [0.5, 0.6) is 5.75 Å². The number of benzene rings is 2. The molecule has 0 bridgehead atoms. The monoisotopic (exact) mass is 416 g/mol. The minimum Gasteiger partial charge on any atom is -0.495 e.